The van der Waals surface area contributed by atoms with Gasteiger partial charge in [0.2, 0.25) is 0 Å². The summed E-state index contributed by atoms with van der Waals surface area (Å²) in [5, 5.41) is 0. The van der Waals surface area contributed by atoms with Crippen molar-refractivity contribution < 1.29 is 9.53 Å². The molecule has 0 aromatic rings. The Morgan fingerprint density at radius 2 is 2.08 bits per heavy atom. The molecule has 0 aliphatic rings. The fourth-order valence-corrected chi connectivity index (χ4v) is 0.729. The number of rotatable bonds is 3. The molecule has 2 heteroatoms. The van der Waals surface area contributed by atoms with Crippen LogP contribution in [0.4, 0.5) is 0 Å². The van der Waals surface area contributed by atoms with Crippen LogP contribution in [0, 0.1) is 5.92 Å². The Kier molecular flexibility index (Phi) is 4.01. The van der Waals surface area contributed by atoms with Gasteiger partial charge in [-0.2, -0.15) is 0 Å². The van der Waals surface area contributed by atoms with Crippen LogP contribution in [0.1, 0.15) is 34.1 Å². The average molecular weight is 170 g/mol. The largest absolute Gasteiger partial charge is 0.460 e. The minimum absolute atomic E-state index is 0.157. The van der Waals surface area contributed by atoms with Crippen molar-refractivity contribution in [2.24, 2.45) is 5.92 Å². The topological polar surface area (TPSA) is 26.3 Å². The lowest BCUT2D eigenvalue weighted by Gasteiger charge is -2.20. The van der Waals surface area contributed by atoms with Crippen LogP contribution >= 0.6 is 0 Å². The molecule has 0 aromatic heterocycles. The standard InChI is InChI=1S/C10H18O2/c1-6-8(2)7-9(11)12-10(3,4)5/h6,8H,1,7H2,2-5H3. The third-order valence-electron chi connectivity index (χ3n) is 1.31. The van der Waals surface area contributed by atoms with Gasteiger partial charge in [0, 0.05) is 0 Å². The predicted octanol–water partition coefficient (Wildman–Crippen LogP) is 2.54. The van der Waals surface area contributed by atoms with Gasteiger partial charge in [0.05, 0.1) is 6.42 Å². The summed E-state index contributed by atoms with van der Waals surface area (Å²) in [6.45, 7) is 11.1. The number of carbonyl (C=O) groups is 1. The number of allylic oxidation sites excluding steroid dienone is 1. The summed E-state index contributed by atoms with van der Waals surface area (Å²) in [5.74, 6) is 0.0368. The predicted molar refractivity (Wildman–Crippen MR) is 49.8 cm³/mol. The van der Waals surface area contributed by atoms with Crippen molar-refractivity contribution in [3.63, 3.8) is 0 Å². The van der Waals surface area contributed by atoms with E-state index in [1.165, 1.54) is 0 Å². The zero-order chi connectivity index (χ0) is 9.78. The van der Waals surface area contributed by atoms with Crippen molar-refractivity contribution in [1.82, 2.24) is 0 Å². The normalized spacial score (nSPS) is 13.7. The molecule has 0 N–H and O–H groups in total. The molecule has 0 bridgehead atoms. The van der Waals surface area contributed by atoms with E-state index in [1.54, 1.807) is 6.08 Å². The second-order valence-corrected chi connectivity index (χ2v) is 4.00. The Morgan fingerprint density at radius 3 is 2.42 bits per heavy atom. The van der Waals surface area contributed by atoms with Gasteiger partial charge in [-0.1, -0.05) is 13.0 Å². The maximum atomic E-state index is 11.2. The van der Waals surface area contributed by atoms with Crippen LogP contribution in [0.3, 0.4) is 0 Å². The Hall–Kier alpha value is -0.790. The van der Waals surface area contributed by atoms with Gasteiger partial charge in [-0.25, -0.2) is 0 Å². The van der Waals surface area contributed by atoms with Crippen LogP contribution in [0.25, 0.3) is 0 Å². The van der Waals surface area contributed by atoms with Gasteiger partial charge in [-0.05, 0) is 26.7 Å². The van der Waals surface area contributed by atoms with Gasteiger partial charge < -0.3 is 4.74 Å². The quantitative estimate of drug-likeness (QED) is 0.480. The summed E-state index contributed by atoms with van der Waals surface area (Å²) in [6, 6.07) is 0. The summed E-state index contributed by atoms with van der Waals surface area (Å²) in [5.41, 5.74) is -0.377. The molecule has 0 aliphatic carbocycles. The van der Waals surface area contributed by atoms with E-state index < -0.39 is 0 Å². The van der Waals surface area contributed by atoms with Crippen molar-refractivity contribution >= 4 is 5.97 Å². The van der Waals surface area contributed by atoms with E-state index in [0.717, 1.165) is 0 Å². The smallest absolute Gasteiger partial charge is 0.306 e. The fraction of sp³-hybridized carbons (Fsp3) is 0.700. The first-order chi connectivity index (χ1) is 5.35. The molecule has 0 aliphatic heterocycles. The monoisotopic (exact) mass is 170 g/mol. The lowest BCUT2D eigenvalue weighted by Crippen LogP contribution is -2.24. The highest BCUT2D eigenvalue weighted by Gasteiger charge is 2.16. The van der Waals surface area contributed by atoms with Gasteiger partial charge in [0.15, 0.2) is 0 Å². The lowest BCUT2D eigenvalue weighted by atomic mass is 10.1. The number of hydrogen-bond donors (Lipinski definition) is 0. The zero-order valence-corrected chi connectivity index (χ0v) is 8.39. The molecular formula is C10H18O2. The Morgan fingerprint density at radius 1 is 1.58 bits per heavy atom. The minimum atomic E-state index is -0.377. The van der Waals surface area contributed by atoms with Gasteiger partial charge in [0.1, 0.15) is 5.60 Å². The molecular weight excluding hydrogens is 152 g/mol. The van der Waals surface area contributed by atoms with Gasteiger partial charge in [-0.3, -0.25) is 4.79 Å². The third-order valence-corrected chi connectivity index (χ3v) is 1.31. The fourth-order valence-electron chi connectivity index (χ4n) is 0.729. The van der Waals surface area contributed by atoms with Crippen molar-refractivity contribution in [3.05, 3.63) is 12.7 Å². The van der Waals surface area contributed by atoms with E-state index in [9.17, 15) is 4.79 Å². The zero-order valence-electron chi connectivity index (χ0n) is 8.39. The van der Waals surface area contributed by atoms with Crippen molar-refractivity contribution in [2.75, 3.05) is 0 Å². The van der Waals surface area contributed by atoms with Crippen LogP contribution in [0.15, 0.2) is 12.7 Å². The summed E-state index contributed by atoms with van der Waals surface area (Å²) in [4.78, 5) is 11.2. The van der Waals surface area contributed by atoms with Gasteiger partial charge in [-0.15, -0.1) is 6.58 Å². The summed E-state index contributed by atoms with van der Waals surface area (Å²) in [7, 11) is 0. The molecule has 0 radical (unpaired) electrons. The molecule has 0 amide bonds. The molecule has 2 nitrogen and oxygen atoms in total. The van der Waals surface area contributed by atoms with E-state index in [1.807, 2.05) is 27.7 Å². The molecule has 0 fully saturated rings. The molecule has 1 unspecified atom stereocenters. The Bertz CT molecular complexity index is 165. The number of esters is 1. The first kappa shape index (κ1) is 11.2. The third kappa shape index (κ3) is 5.96. The van der Waals surface area contributed by atoms with E-state index in [0.29, 0.717) is 6.42 Å². The van der Waals surface area contributed by atoms with E-state index in [4.69, 9.17) is 4.74 Å². The van der Waals surface area contributed by atoms with E-state index >= 15 is 0 Å². The number of carbonyl (C=O) groups excluding carboxylic acids is 1. The second-order valence-electron chi connectivity index (χ2n) is 4.00. The van der Waals surface area contributed by atoms with Gasteiger partial charge in [0.25, 0.3) is 0 Å². The Balaban J connectivity index is 3.82. The molecule has 0 heterocycles. The second kappa shape index (κ2) is 4.29. The first-order valence-corrected chi connectivity index (χ1v) is 4.19. The molecule has 0 rings (SSSR count). The van der Waals surface area contributed by atoms with Crippen LogP contribution in [0.2, 0.25) is 0 Å². The highest BCUT2D eigenvalue weighted by Crippen LogP contribution is 2.11. The van der Waals surface area contributed by atoms with Crippen molar-refractivity contribution in [2.45, 2.75) is 39.7 Å². The lowest BCUT2D eigenvalue weighted by molar-refractivity contribution is -0.155. The summed E-state index contributed by atoms with van der Waals surface area (Å²) < 4.78 is 5.12. The minimum Gasteiger partial charge on any atom is -0.460 e. The summed E-state index contributed by atoms with van der Waals surface area (Å²) >= 11 is 0. The molecule has 0 aromatic carbocycles. The molecule has 1 atom stereocenters. The first-order valence-electron chi connectivity index (χ1n) is 4.19. The molecule has 70 valence electrons. The maximum Gasteiger partial charge on any atom is 0.306 e. The van der Waals surface area contributed by atoms with Crippen LogP contribution < -0.4 is 0 Å². The highest BCUT2D eigenvalue weighted by molar-refractivity contribution is 5.70. The van der Waals surface area contributed by atoms with Crippen molar-refractivity contribution in [1.29, 1.82) is 0 Å². The SMILES string of the molecule is C=CC(C)CC(=O)OC(C)(C)C. The maximum absolute atomic E-state index is 11.2. The summed E-state index contributed by atoms with van der Waals surface area (Å²) in [6.07, 6.45) is 2.17. The average Bonchev–Trinajstić information content (AvgIpc) is 1.82. The van der Waals surface area contributed by atoms with Gasteiger partial charge >= 0.3 is 5.97 Å². The highest BCUT2D eigenvalue weighted by atomic mass is 16.6. The van der Waals surface area contributed by atoms with Crippen LogP contribution in [-0.2, 0) is 9.53 Å². The Labute approximate surface area is 74.6 Å². The van der Waals surface area contributed by atoms with Crippen LogP contribution in [-0.4, -0.2) is 11.6 Å². The molecule has 0 saturated heterocycles. The molecule has 12 heavy (non-hydrogen) atoms. The van der Waals surface area contributed by atoms with Crippen molar-refractivity contribution in [3.8, 4) is 0 Å². The number of ether oxygens (including phenoxy) is 1. The number of hydrogen-bond acceptors (Lipinski definition) is 2. The molecule has 0 saturated carbocycles. The van der Waals surface area contributed by atoms with E-state index in [2.05, 4.69) is 6.58 Å². The van der Waals surface area contributed by atoms with Crippen LogP contribution in [0.5, 0.6) is 0 Å². The van der Waals surface area contributed by atoms with E-state index in [-0.39, 0.29) is 17.5 Å². The molecule has 0 spiro atoms.